The molecule has 0 N–H and O–H groups in total. The zero-order valence-corrected chi connectivity index (χ0v) is 16.3. The van der Waals surface area contributed by atoms with Crippen molar-refractivity contribution in [1.29, 1.82) is 0 Å². The molecule has 0 radical (unpaired) electrons. The Hall–Kier alpha value is -2.51. The summed E-state index contributed by atoms with van der Waals surface area (Å²) in [7, 11) is 0. The molecule has 1 aromatic carbocycles. The summed E-state index contributed by atoms with van der Waals surface area (Å²) in [6.45, 7) is 7.36. The fourth-order valence-electron chi connectivity index (χ4n) is 3.76. The number of ether oxygens (including phenoxy) is 1. The number of hydrogen-bond acceptors (Lipinski definition) is 5. The Balaban J connectivity index is 1.89. The molecule has 0 bridgehead atoms. The van der Waals surface area contributed by atoms with Gasteiger partial charge in [-0.3, -0.25) is 4.57 Å². The summed E-state index contributed by atoms with van der Waals surface area (Å²) in [6, 6.07) is 9.79. The highest BCUT2D eigenvalue weighted by Crippen LogP contribution is 2.40. The number of hydrogen-bond donors (Lipinski definition) is 0. The minimum absolute atomic E-state index is 0.145. The Kier molecular flexibility index (Phi) is 3.54. The molecule has 6 nitrogen and oxygen atoms in total. The van der Waals surface area contributed by atoms with Gasteiger partial charge in [-0.15, -0.1) is 16.4 Å². The molecule has 0 atom stereocenters. The first-order valence-corrected chi connectivity index (χ1v) is 9.93. The predicted molar refractivity (Wildman–Crippen MR) is 106 cm³/mol. The van der Waals surface area contributed by atoms with Crippen molar-refractivity contribution < 1.29 is 4.74 Å². The van der Waals surface area contributed by atoms with Crippen LogP contribution in [0.4, 0.5) is 0 Å². The molecule has 0 saturated heterocycles. The van der Waals surface area contributed by atoms with Crippen molar-refractivity contribution in [2.24, 2.45) is 0 Å². The number of aryl methyl sites for hydroxylation is 1. The van der Waals surface area contributed by atoms with Crippen LogP contribution in [-0.2, 0) is 24.3 Å². The normalized spacial score (nSPS) is 16.1. The molecule has 4 heterocycles. The Bertz CT molecular complexity index is 1230. The van der Waals surface area contributed by atoms with E-state index in [1.54, 1.807) is 15.9 Å². The first-order chi connectivity index (χ1) is 13.0. The van der Waals surface area contributed by atoms with Gasteiger partial charge in [0.25, 0.3) is 0 Å². The van der Waals surface area contributed by atoms with E-state index in [1.165, 1.54) is 15.0 Å². The molecular weight excluding hydrogens is 360 g/mol. The minimum Gasteiger partial charge on any atom is -0.370 e. The first-order valence-electron chi connectivity index (χ1n) is 9.12. The second-order valence-electron chi connectivity index (χ2n) is 7.47. The topological polar surface area (TPSA) is 61.4 Å². The highest BCUT2D eigenvalue weighted by molar-refractivity contribution is 7.19. The van der Waals surface area contributed by atoms with Crippen LogP contribution in [0.2, 0.25) is 0 Å². The van der Waals surface area contributed by atoms with Gasteiger partial charge in [-0.05, 0) is 26.3 Å². The van der Waals surface area contributed by atoms with Gasteiger partial charge in [-0.25, -0.2) is 9.78 Å². The average Bonchev–Trinajstić information content (AvgIpc) is 3.24. The summed E-state index contributed by atoms with van der Waals surface area (Å²) < 4.78 is 9.25. The lowest BCUT2D eigenvalue weighted by molar-refractivity contribution is -0.0379. The third kappa shape index (κ3) is 2.45. The number of fused-ring (bicyclic) bond motifs is 5. The van der Waals surface area contributed by atoms with Crippen molar-refractivity contribution in [1.82, 2.24) is 19.2 Å². The number of benzene rings is 1. The predicted octanol–water partition coefficient (Wildman–Crippen LogP) is 3.64. The molecule has 5 rings (SSSR count). The molecule has 1 aliphatic heterocycles. The largest absolute Gasteiger partial charge is 0.370 e. The summed E-state index contributed by atoms with van der Waals surface area (Å²) in [5, 5.41) is 5.60. The van der Waals surface area contributed by atoms with E-state index in [2.05, 4.69) is 18.9 Å². The zero-order chi connectivity index (χ0) is 18.8. The minimum atomic E-state index is -0.229. The molecule has 0 saturated carbocycles. The Morgan fingerprint density at radius 3 is 2.78 bits per heavy atom. The molecule has 4 aromatic rings. The van der Waals surface area contributed by atoms with Crippen molar-refractivity contribution in [3.63, 3.8) is 0 Å². The van der Waals surface area contributed by atoms with Crippen molar-refractivity contribution >= 4 is 27.2 Å². The molecule has 7 heteroatoms. The summed E-state index contributed by atoms with van der Waals surface area (Å²) in [5.74, 6) is 0.578. The van der Waals surface area contributed by atoms with Crippen molar-refractivity contribution in [3.8, 4) is 11.4 Å². The van der Waals surface area contributed by atoms with Crippen LogP contribution < -0.4 is 5.69 Å². The van der Waals surface area contributed by atoms with Crippen LogP contribution in [-0.4, -0.2) is 24.8 Å². The number of aromatic nitrogens is 4. The van der Waals surface area contributed by atoms with Crippen molar-refractivity contribution in [2.75, 3.05) is 0 Å². The van der Waals surface area contributed by atoms with E-state index in [-0.39, 0.29) is 11.3 Å². The maximum Gasteiger partial charge on any atom is 0.351 e. The molecule has 0 amide bonds. The van der Waals surface area contributed by atoms with Gasteiger partial charge in [0.1, 0.15) is 4.83 Å². The van der Waals surface area contributed by atoms with Crippen LogP contribution in [0.15, 0.2) is 35.1 Å². The van der Waals surface area contributed by atoms with E-state index in [9.17, 15) is 4.79 Å². The molecule has 1 aliphatic rings. The van der Waals surface area contributed by atoms with Gasteiger partial charge in [-0.2, -0.15) is 4.52 Å². The molecular formula is C20H20N4O2S. The summed E-state index contributed by atoms with van der Waals surface area (Å²) >= 11 is 1.64. The van der Waals surface area contributed by atoms with E-state index in [1.807, 2.05) is 37.3 Å². The molecule has 0 unspecified atom stereocenters. The van der Waals surface area contributed by atoms with Crippen LogP contribution in [0.25, 0.3) is 27.3 Å². The fourth-order valence-corrected chi connectivity index (χ4v) is 5.04. The van der Waals surface area contributed by atoms with Crippen molar-refractivity contribution in [2.45, 2.75) is 45.9 Å². The van der Waals surface area contributed by atoms with E-state index in [0.717, 1.165) is 22.2 Å². The van der Waals surface area contributed by atoms with Gasteiger partial charge in [0.2, 0.25) is 0 Å². The van der Waals surface area contributed by atoms with Crippen LogP contribution in [0.3, 0.4) is 0 Å². The van der Waals surface area contributed by atoms with Crippen LogP contribution in [0.5, 0.6) is 0 Å². The number of nitrogens with zero attached hydrogens (tertiary/aromatic N) is 4. The molecule has 0 aliphatic carbocycles. The maximum absolute atomic E-state index is 13.1. The van der Waals surface area contributed by atoms with Gasteiger partial charge >= 0.3 is 5.69 Å². The van der Waals surface area contributed by atoms with E-state index in [4.69, 9.17) is 9.72 Å². The zero-order valence-electron chi connectivity index (χ0n) is 15.5. The van der Waals surface area contributed by atoms with Crippen LogP contribution in [0, 0.1) is 0 Å². The lowest BCUT2D eigenvalue weighted by Gasteiger charge is -2.30. The van der Waals surface area contributed by atoms with E-state index >= 15 is 0 Å². The Labute approximate surface area is 160 Å². The van der Waals surface area contributed by atoms with Crippen LogP contribution in [0.1, 0.15) is 31.2 Å². The highest BCUT2D eigenvalue weighted by atomic mass is 32.1. The molecule has 0 fully saturated rings. The van der Waals surface area contributed by atoms with E-state index in [0.29, 0.717) is 24.6 Å². The summed E-state index contributed by atoms with van der Waals surface area (Å²) in [4.78, 5) is 20.0. The van der Waals surface area contributed by atoms with Gasteiger partial charge in [-0.1, -0.05) is 30.3 Å². The van der Waals surface area contributed by atoms with Gasteiger partial charge in [0, 0.05) is 23.4 Å². The van der Waals surface area contributed by atoms with E-state index < -0.39 is 0 Å². The Morgan fingerprint density at radius 1 is 1.26 bits per heavy atom. The lowest BCUT2D eigenvalue weighted by atomic mass is 9.94. The quantitative estimate of drug-likeness (QED) is 0.533. The monoisotopic (exact) mass is 380 g/mol. The number of rotatable bonds is 2. The highest BCUT2D eigenvalue weighted by Gasteiger charge is 2.31. The molecule has 27 heavy (non-hydrogen) atoms. The van der Waals surface area contributed by atoms with Crippen LogP contribution >= 0.6 is 11.3 Å². The number of thiophene rings is 1. The maximum atomic E-state index is 13.1. The van der Waals surface area contributed by atoms with Gasteiger partial charge < -0.3 is 4.74 Å². The van der Waals surface area contributed by atoms with Gasteiger partial charge in [0.15, 0.2) is 11.5 Å². The second-order valence-corrected chi connectivity index (χ2v) is 8.56. The standard InChI is InChI=1S/C20H20N4O2S/c1-4-23-18-15(13-10-20(2,3)26-11-14(13)27-18)17-21-16(22-24(17)19(23)25)12-8-6-5-7-9-12/h5-9H,4,10-11H2,1-3H3. The third-order valence-electron chi connectivity index (χ3n) is 5.10. The molecule has 3 aromatic heterocycles. The Morgan fingerprint density at radius 2 is 2.04 bits per heavy atom. The summed E-state index contributed by atoms with van der Waals surface area (Å²) in [6.07, 6.45) is 0.799. The first kappa shape index (κ1) is 16.6. The molecule has 0 spiro atoms. The SMILES string of the molecule is CCn1c(=O)n2nc(-c3ccccc3)nc2c2c3c(sc21)COC(C)(C)C3. The lowest BCUT2D eigenvalue weighted by Crippen LogP contribution is -2.31. The smallest absolute Gasteiger partial charge is 0.351 e. The average molecular weight is 380 g/mol. The molecule has 138 valence electrons. The second kappa shape index (κ2) is 5.74. The third-order valence-corrected chi connectivity index (χ3v) is 6.33. The van der Waals surface area contributed by atoms with Gasteiger partial charge in [0.05, 0.1) is 17.6 Å². The van der Waals surface area contributed by atoms with Crippen molar-refractivity contribution in [3.05, 3.63) is 51.3 Å². The fraction of sp³-hybridized carbons (Fsp3) is 0.350. The summed E-state index contributed by atoms with van der Waals surface area (Å²) in [5.41, 5.74) is 2.42.